The number of amides is 1. The number of aromatic nitrogens is 5. The lowest BCUT2D eigenvalue weighted by molar-refractivity contribution is -0.137. The van der Waals surface area contributed by atoms with Crippen LogP contribution >= 0.6 is 0 Å². The fraction of sp³-hybridized carbons (Fsp3) is 0.350. The van der Waals surface area contributed by atoms with Crippen LogP contribution in [0.15, 0.2) is 47.3 Å². The van der Waals surface area contributed by atoms with Gasteiger partial charge in [-0.3, -0.25) is 4.79 Å². The number of carbonyl (C=O) groups is 1. The smallest absolute Gasteiger partial charge is 0.342 e. The van der Waals surface area contributed by atoms with Crippen LogP contribution in [0.1, 0.15) is 48.6 Å². The molecule has 0 radical (unpaired) electrons. The minimum Gasteiger partial charge on any atom is -0.342 e. The largest absolute Gasteiger partial charge is 0.416 e. The van der Waals surface area contributed by atoms with E-state index in [9.17, 15) is 22.2 Å². The Balaban J connectivity index is 1.95. The lowest BCUT2D eigenvalue weighted by Crippen LogP contribution is -2.29. The van der Waals surface area contributed by atoms with Crippen LogP contribution in [0.2, 0.25) is 0 Å². The molecule has 0 unspecified atom stereocenters. The Kier molecular flexibility index (Phi) is 7.10. The Labute approximate surface area is 188 Å². The highest BCUT2D eigenvalue weighted by atomic mass is 32.2. The van der Waals surface area contributed by atoms with E-state index in [0.717, 1.165) is 12.1 Å². The molecule has 3 aromatic rings. The maximum atomic E-state index is 13.5. The van der Waals surface area contributed by atoms with Gasteiger partial charge in [0.15, 0.2) is 5.82 Å². The molecule has 2 aromatic heterocycles. The molecule has 2 heterocycles. The minimum atomic E-state index is -4.71. The van der Waals surface area contributed by atoms with E-state index >= 15 is 0 Å². The van der Waals surface area contributed by atoms with Crippen molar-refractivity contribution >= 4 is 21.3 Å². The third kappa shape index (κ3) is 5.72. The number of benzene rings is 1. The van der Waals surface area contributed by atoms with E-state index in [1.54, 1.807) is 26.8 Å². The SMILES string of the molecule is CCS(=O)(CC)=Nc1cc(C(=O)N[C@@H](C)c2ncnn2-c2ncccn2)cc(C(F)(F)F)c1. The van der Waals surface area contributed by atoms with E-state index in [-0.39, 0.29) is 34.5 Å². The number of hydrogen-bond donors (Lipinski definition) is 1. The predicted octanol–water partition coefficient (Wildman–Crippen LogP) is 3.71. The van der Waals surface area contributed by atoms with Crippen LogP contribution in [0.3, 0.4) is 0 Å². The molecule has 0 aliphatic rings. The summed E-state index contributed by atoms with van der Waals surface area (Å²) < 4.78 is 58.4. The predicted molar refractivity (Wildman–Crippen MR) is 116 cm³/mol. The Hall–Kier alpha value is -3.35. The standard InChI is InChI=1S/C20H22F3N7O2S/c1-4-33(32,5-2)29-16-10-14(9-15(11-16)20(21,22)23)18(31)28-13(3)17-26-12-27-30(17)19-24-7-6-8-25-19/h6-13H,4-5H2,1-3H3,(H,28,31)/t13-/m0/s1. The quantitative estimate of drug-likeness (QED) is 0.550. The number of alkyl halides is 3. The van der Waals surface area contributed by atoms with E-state index < -0.39 is 33.4 Å². The molecule has 1 N–H and O–H groups in total. The molecular formula is C20H22F3N7O2S. The Morgan fingerprint density at radius 1 is 1.15 bits per heavy atom. The lowest BCUT2D eigenvalue weighted by atomic mass is 10.1. The molecule has 0 saturated heterocycles. The van der Waals surface area contributed by atoms with Crippen molar-refractivity contribution in [3.05, 3.63) is 59.9 Å². The third-order valence-corrected chi connectivity index (χ3v) is 7.08. The number of nitrogens with zero attached hydrogens (tertiary/aromatic N) is 6. The first-order chi connectivity index (χ1) is 15.6. The van der Waals surface area contributed by atoms with E-state index in [1.807, 2.05) is 0 Å². The highest BCUT2D eigenvalue weighted by Crippen LogP contribution is 2.33. The molecule has 1 aromatic carbocycles. The molecule has 0 bridgehead atoms. The molecule has 176 valence electrons. The number of hydrogen-bond acceptors (Lipinski definition) is 7. The average molecular weight is 482 g/mol. The summed E-state index contributed by atoms with van der Waals surface area (Å²) in [4.78, 5) is 25.1. The first kappa shape index (κ1) is 24.3. The van der Waals surface area contributed by atoms with Crippen molar-refractivity contribution in [2.45, 2.75) is 33.0 Å². The van der Waals surface area contributed by atoms with Crippen LogP contribution in [0, 0.1) is 0 Å². The summed E-state index contributed by atoms with van der Waals surface area (Å²) >= 11 is 0. The zero-order valence-electron chi connectivity index (χ0n) is 18.1. The van der Waals surface area contributed by atoms with Gasteiger partial charge in [0.05, 0.1) is 27.0 Å². The zero-order valence-corrected chi connectivity index (χ0v) is 18.9. The van der Waals surface area contributed by atoms with E-state index in [0.29, 0.717) is 0 Å². The molecule has 0 aliphatic heterocycles. The summed E-state index contributed by atoms with van der Waals surface area (Å²) in [6.07, 6.45) is -0.442. The second-order valence-electron chi connectivity index (χ2n) is 6.98. The summed E-state index contributed by atoms with van der Waals surface area (Å²) in [7, 11) is -2.73. The number of carbonyl (C=O) groups excluding carboxylic acids is 1. The highest BCUT2D eigenvalue weighted by Gasteiger charge is 2.32. The molecule has 0 aliphatic carbocycles. The normalized spacial score (nSPS) is 12.9. The van der Waals surface area contributed by atoms with Gasteiger partial charge in [-0.15, -0.1) is 0 Å². The third-order valence-electron chi connectivity index (χ3n) is 4.73. The number of rotatable bonds is 7. The first-order valence-electron chi connectivity index (χ1n) is 9.99. The van der Waals surface area contributed by atoms with E-state index in [1.165, 1.54) is 29.5 Å². The monoisotopic (exact) mass is 481 g/mol. The molecule has 3 rings (SSSR count). The molecule has 1 amide bonds. The van der Waals surface area contributed by atoms with E-state index in [2.05, 4.69) is 29.7 Å². The van der Waals surface area contributed by atoms with Crippen molar-refractivity contribution in [3.63, 3.8) is 0 Å². The maximum Gasteiger partial charge on any atom is 0.416 e. The van der Waals surface area contributed by atoms with Gasteiger partial charge in [0, 0.05) is 29.5 Å². The van der Waals surface area contributed by atoms with Gasteiger partial charge >= 0.3 is 6.18 Å². The van der Waals surface area contributed by atoms with Crippen LogP contribution in [0.25, 0.3) is 5.95 Å². The molecule has 0 fully saturated rings. The van der Waals surface area contributed by atoms with Crippen molar-refractivity contribution < 1.29 is 22.2 Å². The van der Waals surface area contributed by atoms with Gasteiger partial charge in [0.1, 0.15) is 6.33 Å². The highest BCUT2D eigenvalue weighted by molar-refractivity contribution is 7.93. The van der Waals surface area contributed by atoms with Crippen LogP contribution in [-0.2, 0) is 15.9 Å². The van der Waals surface area contributed by atoms with Crippen molar-refractivity contribution in [2.24, 2.45) is 4.36 Å². The van der Waals surface area contributed by atoms with Crippen LogP contribution < -0.4 is 5.32 Å². The molecule has 33 heavy (non-hydrogen) atoms. The Bertz CT molecular complexity index is 1240. The minimum absolute atomic E-state index is 0.169. The zero-order chi connectivity index (χ0) is 24.2. The summed E-state index contributed by atoms with van der Waals surface area (Å²) in [6, 6.07) is 3.58. The fourth-order valence-corrected chi connectivity index (χ4v) is 4.08. The van der Waals surface area contributed by atoms with Gasteiger partial charge in [0.2, 0.25) is 0 Å². The molecule has 9 nitrogen and oxygen atoms in total. The van der Waals surface area contributed by atoms with Crippen molar-refractivity contribution in [3.8, 4) is 5.95 Å². The summed E-state index contributed by atoms with van der Waals surface area (Å²) in [5, 5.41) is 6.65. The number of nitrogens with one attached hydrogen (secondary N) is 1. The van der Waals surface area contributed by atoms with Crippen LogP contribution in [-0.4, -0.2) is 46.4 Å². The Morgan fingerprint density at radius 2 is 1.82 bits per heavy atom. The van der Waals surface area contributed by atoms with Gasteiger partial charge in [-0.05, 0) is 31.2 Å². The lowest BCUT2D eigenvalue weighted by Gasteiger charge is -2.15. The molecular weight excluding hydrogens is 459 g/mol. The summed E-state index contributed by atoms with van der Waals surface area (Å²) in [5.74, 6) is 0.0741. The number of halogens is 3. The second-order valence-corrected chi connectivity index (χ2v) is 9.86. The average Bonchev–Trinajstić information content (AvgIpc) is 3.29. The van der Waals surface area contributed by atoms with E-state index in [4.69, 9.17) is 0 Å². The molecule has 0 spiro atoms. The first-order valence-corrected chi connectivity index (χ1v) is 11.8. The van der Waals surface area contributed by atoms with Crippen LogP contribution in [0.4, 0.5) is 18.9 Å². The maximum absolute atomic E-state index is 13.5. The van der Waals surface area contributed by atoms with Crippen LogP contribution in [0.5, 0.6) is 0 Å². The Morgan fingerprint density at radius 3 is 2.42 bits per heavy atom. The van der Waals surface area contributed by atoms with Crippen molar-refractivity contribution in [1.29, 1.82) is 0 Å². The fourth-order valence-electron chi connectivity index (χ4n) is 2.93. The second kappa shape index (κ2) is 9.65. The van der Waals surface area contributed by atoms with Gasteiger partial charge in [0.25, 0.3) is 11.9 Å². The molecule has 1 atom stereocenters. The molecule has 13 heteroatoms. The van der Waals surface area contributed by atoms with Gasteiger partial charge in [-0.1, -0.05) is 13.8 Å². The van der Waals surface area contributed by atoms with Gasteiger partial charge in [-0.25, -0.2) is 19.2 Å². The van der Waals surface area contributed by atoms with Gasteiger partial charge < -0.3 is 5.32 Å². The summed E-state index contributed by atoms with van der Waals surface area (Å²) in [5.41, 5.74) is -1.50. The molecule has 0 saturated carbocycles. The topological polar surface area (TPSA) is 115 Å². The van der Waals surface area contributed by atoms with Gasteiger partial charge in [-0.2, -0.15) is 27.3 Å². The summed E-state index contributed by atoms with van der Waals surface area (Å²) in [6.45, 7) is 4.89. The van der Waals surface area contributed by atoms with Crippen molar-refractivity contribution in [2.75, 3.05) is 11.5 Å². The van der Waals surface area contributed by atoms with Crippen molar-refractivity contribution in [1.82, 2.24) is 30.0 Å².